The van der Waals surface area contributed by atoms with Crippen LogP contribution >= 0.6 is 12.0 Å². The minimum Gasteiger partial charge on any atom is -0.504 e. The number of phenolic OH excluding ortho intramolecular Hbond substituents is 3. The van der Waals surface area contributed by atoms with Crippen LogP contribution in [0.2, 0.25) is 0 Å². The molecular formula is C15H18O4S. The molecule has 0 amide bonds. The van der Waals surface area contributed by atoms with E-state index in [0.29, 0.717) is 22.8 Å². The van der Waals surface area contributed by atoms with Gasteiger partial charge in [0.05, 0.1) is 4.90 Å². The summed E-state index contributed by atoms with van der Waals surface area (Å²) < 4.78 is 9.35. The van der Waals surface area contributed by atoms with E-state index >= 15 is 0 Å². The van der Waals surface area contributed by atoms with E-state index in [1.165, 1.54) is 0 Å². The molecular weight excluding hydrogens is 276 g/mol. The molecule has 0 bridgehead atoms. The monoisotopic (exact) mass is 294 g/mol. The zero-order valence-electron chi connectivity index (χ0n) is 11.6. The van der Waals surface area contributed by atoms with Crippen LogP contribution in [0.4, 0.5) is 0 Å². The third-order valence-corrected chi connectivity index (χ3v) is 4.54. The molecule has 108 valence electrons. The molecule has 2 rings (SSSR count). The quantitative estimate of drug-likeness (QED) is 0.503. The maximum Gasteiger partial charge on any atom is 0.202 e. The van der Waals surface area contributed by atoms with Crippen LogP contribution in [0, 0.1) is 0 Å². The molecule has 0 fully saturated rings. The summed E-state index contributed by atoms with van der Waals surface area (Å²) >= 11 is 0.354. The van der Waals surface area contributed by atoms with Gasteiger partial charge in [0.1, 0.15) is 0 Å². The Morgan fingerprint density at radius 3 is 2.20 bits per heavy atom. The molecule has 0 radical (unpaired) electrons. The molecule has 0 saturated carbocycles. The van der Waals surface area contributed by atoms with Crippen LogP contribution in [-0.4, -0.2) is 19.9 Å². The fraction of sp³-hybridized carbons (Fsp3) is 0.333. The highest BCUT2D eigenvalue weighted by atomic mass is 32.2. The summed E-state index contributed by atoms with van der Waals surface area (Å²) in [4.78, 5) is 0.143. The summed E-state index contributed by atoms with van der Waals surface area (Å²) in [7, 11) is 0. The van der Waals surface area contributed by atoms with Crippen LogP contribution in [0.15, 0.2) is 23.1 Å². The van der Waals surface area contributed by atoms with Gasteiger partial charge in [0.15, 0.2) is 11.5 Å². The molecule has 0 atom stereocenters. The number of rotatable bonds is 3. The molecule has 0 heterocycles. The first-order chi connectivity index (χ1) is 9.33. The Bertz CT molecular complexity index is 665. The minimum absolute atomic E-state index is 0.0608. The standard InChI is InChI=1S/C15H18O4S/c1-4-15(2,3)8-5-6-9-10(7-8)14(20-19)13(18)12(17)11(9)16/h5-7,16-19H,4H2,1-3H3. The summed E-state index contributed by atoms with van der Waals surface area (Å²) in [5.74, 6) is -1.50. The van der Waals surface area contributed by atoms with E-state index in [2.05, 4.69) is 20.8 Å². The summed E-state index contributed by atoms with van der Waals surface area (Å²) in [5.41, 5.74) is 0.974. The van der Waals surface area contributed by atoms with Crippen molar-refractivity contribution in [2.75, 3.05) is 0 Å². The Morgan fingerprint density at radius 1 is 1.00 bits per heavy atom. The van der Waals surface area contributed by atoms with Crippen LogP contribution in [0.3, 0.4) is 0 Å². The predicted molar refractivity (Wildman–Crippen MR) is 80.7 cm³/mol. The highest BCUT2D eigenvalue weighted by Gasteiger charge is 2.23. The molecule has 4 nitrogen and oxygen atoms in total. The highest BCUT2D eigenvalue weighted by Crippen LogP contribution is 2.48. The van der Waals surface area contributed by atoms with Crippen LogP contribution in [-0.2, 0) is 5.41 Å². The largest absolute Gasteiger partial charge is 0.504 e. The van der Waals surface area contributed by atoms with Crippen molar-refractivity contribution in [3.8, 4) is 17.2 Å². The summed E-state index contributed by atoms with van der Waals surface area (Å²) in [6.07, 6.45) is 0.927. The molecule has 0 saturated heterocycles. The lowest BCUT2D eigenvalue weighted by atomic mass is 9.81. The van der Waals surface area contributed by atoms with Gasteiger partial charge in [-0.1, -0.05) is 32.9 Å². The van der Waals surface area contributed by atoms with Crippen molar-refractivity contribution in [1.29, 1.82) is 0 Å². The smallest absolute Gasteiger partial charge is 0.202 e. The van der Waals surface area contributed by atoms with Gasteiger partial charge in [-0.25, -0.2) is 0 Å². The Morgan fingerprint density at radius 2 is 1.65 bits per heavy atom. The maximum atomic E-state index is 9.91. The van der Waals surface area contributed by atoms with Crippen molar-refractivity contribution in [1.82, 2.24) is 0 Å². The molecule has 0 aliphatic heterocycles. The third kappa shape index (κ3) is 2.17. The first-order valence-corrected chi connectivity index (χ1v) is 7.13. The summed E-state index contributed by atoms with van der Waals surface area (Å²) in [6.45, 7) is 6.28. The van der Waals surface area contributed by atoms with E-state index in [4.69, 9.17) is 0 Å². The third-order valence-electron chi connectivity index (χ3n) is 3.94. The number of hydrogen-bond acceptors (Lipinski definition) is 5. The van der Waals surface area contributed by atoms with Crippen molar-refractivity contribution in [3.05, 3.63) is 23.8 Å². The zero-order chi connectivity index (χ0) is 15.1. The summed E-state index contributed by atoms with van der Waals surface area (Å²) in [6, 6.07) is 5.40. The average molecular weight is 294 g/mol. The fourth-order valence-electron chi connectivity index (χ4n) is 2.13. The van der Waals surface area contributed by atoms with Crippen molar-refractivity contribution in [3.63, 3.8) is 0 Å². The second kappa shape index (κ2) is 5.07. The van der Waals surface area contributed by atoms with E-state index in [0.717, 1.165) is 12.0 Å². The molecule has 4 N–H and O–H groups in total. The molecule has 0 aromatic heterocycles. The van der Waals surface area contributed by atoms with Gasteiger partial charge in [-0.3, -0.25) is 0 Å². The Labute approximate surface area is 121 Å². The van der Waals surface area contributed by atoms with Gasteiger partial charge < -0.3 is 19.9 Å². The van der Waals surface area contributed by atoms with E-state index in [-0.39, 0.29) is 16.1 Å². The second-order valence-electron chi connectivity index (χ2n) is 5.46. The van der Waals surface area contributed by atoms with Gasteiger partial charge in [-0.15, -0.1) is 0 Å². The number of fused-ring (bicyclic) bond motifs is 1. The minimum atomic E-state index is -0.614. The lowest BCUT2D eigenvalue weighted by molar-refractivity contribution is 0.365. The van der Waals surface area contributed by atoms with Crippen LogP contribution in [0.25, 0.3) is 10.8 Å². The molecule has 0 unspecified atom stereocenters. The van der Waals surface area contributed by atoms with E-state index < -0.39 is 11.5 Å². The van der Waals surface area contributed by atoms with Crippen molar-refractivity contribution in [2.24, 2.45) is 0 Å². The zero-order valence-corrected chi connectivity index (χ0v) is 12.5. The first kappa shape index (κ1) is 14.8. The van der Waals surface area contributed by atoms with Gasteiger partial charge in [-0.05, 0) is 23.5 Å². The van der Waals surface area contributed by atoms with E-state index in [1.54, 1.807) is 6.07 Å². The number of aromatic hydroxyl groups is 3. The topological polar surface area (TPSA) is 80.9 Å². The number of phenols is 3. The molecule has 5 heteroatoms. The first-order valence-electron chi connectivity index (χ1n) is 6.36. The van der Waals surface area contributed by atoms with Crippen LogP contribution in [0.1, 0.15) is 32.8 Å². The molecule has 2 aromatic carbocycles. The number of benzene rings is 2. The Balaban J connectivity index is 2.84. The second-order valence-corrected chi connectivity index (χ2v) is 6.05. The number of hydrogen-bond donors (Lipinski definition) is 4. The highest BCUT2D eigenvalue weighted by molar-refractivity contribution is 7.94. The predicted octanol–water partition coefficient (Wildman–Crippen LogP) is 4.21. The van der Waals surface area contributed by atoms with E-state index in [1.807, 2.05) is 12.1 Å². The molecule has 0 aliphatic rings. The Kier molecular flexibility index (Phi) is 3.75. The van der Waals surface area contributed by atoms with Crippen molar-refractivity contribution < 1.29 is 19.9 Å². The summed E-state index contributed by atoms with van der Waals surface area (Å²) in [5, 5.41) is 30.3. The SMILES string of the molecule is CCC(C)(C)c1ccc2c(O)c(O)c(O)c(SO)c2c1. The lowest BCUT2D eigenvalue weighted by Crippen LogP contribution is -2.15. The van der Waals surface area contributed by atoms with Gasteiger partial charge in [0, 0.05) is 22.8 Å². The van der Waals surface area contributed by atoms with Crippen molar-refractivity contribution in [2.45, 2.75) is 37.5 Å². The van der Waals surface area contributed by atoms with Gasteiger partial charge in [0.2, 0.25) is 5.75 Å². The molecule has 0 aliphatic carbocycles. The van der Waals surface area contributed by atoms with E-state index in [9.17, 15) is 19.9 Å². The normalized spacial score (nSPS) is 12.0. The Hall–Kier alpha value is -1.59. The van der Waals surface area contributed by atoms with Crippen molar-refractivity contribution >= 4 is 22.8 Å². The maximum absolute atomic E-state index is 9.91. The molecule has 0 spiro atoms. The van der Waals surface area contributed by atoms with Gasteiger partial charge in [0.25, 0.3) is 0 Å². The molecule has 2 aromatic rings. The van der Waals surface area contributed by atoms with Crippen LogP contribution in [0.5, 0.6) is 17.2 Å². The fourth-order valence-corrected chi connectivity index (χ4v) is 2.58. The molecule has 20 heavy (non-hydrogen) atoms. The lowest BCUT2D eigenvalue weighted by Gasteiger charge is -2.24. The average Bonchev–Trinajstić information content (AvgIpc) is 2.45. The van der Waals surface area contributed by atoms with Gasteiger partial charge >= 0.3 is 0 Å². The van der Waals surface area contributed by atoms with Gasteiger partial charge in [-0.2, -0.15) is 0 Å². The van der Waals surface area contributed by atoms with Crippen LogP contribution < -0.4 is 0 Å².